The maximum atomic E-state index is 7.14. The van der Waals surface area contributed by atoms with Crippen molar-refractivity contribution >= 4 is 56.4 Å². The molecule has 0 saturated carbocycles. The Morgan fingerprint density at radius 3 is 1.91 bits per heavy atom. The molecule has 0 aliphatic carbocycles. The first-order valence-corrected chi connectivity index (χ1v) is 15.4. The van der Waals surface area contributed by atoms with Gasteiger partial charge in [-0.15, -0.1) is 0 Å². The fraction of sp³-hybridized carbons (Fsp3) is 0.200. The first-order chi connectivity index (χ1) is 20.6. The van der Waals surface area contributed by atoms with Crippen molar-refractivity contribution in [3.05, 3.63) is 120 Å². The molecule has 2 heterocycles. The molecule has 0 radical (unpaired) electrons. The third kappa shape index (κ3) is 4.02. The summed E-state index contributed by atoms with van der Waals surface area (Å²) in [5, 5.41) is 4.82. The minimum absolute atomic E-state index is 0.0137. The summed E-state index contributed by atoms with van der Waals surface area (Å²) in [5.41, 5.74) is 11.1. The van der Waals surface area contributed by atoms with Crippen LogP contribution in [0.5, 0.6) is 5.75 Å². The average Bonchev–Trinajstić information content (AvgIpc) is 2.99. The Labute approximate surface area is 255 Å². The van der Waals surface area contributed by atoms with Crippen molar-refractivity contribution in [2.75, 3.05) is 4.90 Å². The second-order valence-corrected chi connectivity index (χ2v) is 14.3. The Morgan fingerprint density at radius 2 is 1.21 bits per heavy atom. The molecule has 0 N–H and O–H groups in total. The summed E-state index contributed by atoms with van der Waals surface area (Å²) in [6, 6.07) is 40.4. The van der Waals surface area contributed by atoms with E-state index < -0.39 is 0 Å². The molecule has 8 rings (SSSR count). The third-order valence-corrected chi connectivity index (χ3v) is 9.32. The van der Waals surface area contributed by atoms with Crippen LogP contribution in [0, 0.1) is 0 Å². The predicted octanol–water partition coefficient (Wildman–Crippen LogP) is 9.54. The summed E-state index contributed by atoms with van der Waals surface area (Å²) < 4.78 is 7.14. The molecule has 0 bridgehead atoms. The first kappa shape index (κ1) is 26.2. The van der Waals surface area contributed by atoms with Crippen LogP contribution >= 0.6 is 0 Å². The van der Waals surface area contributed by atoms with Crippen molar-refractivity contribution < 1.29 is 4.65 Å². The molecule has 210 valence electrons. The minimum Gasteiger partial charge on any atom is -0.550 e. The molecule has 6 aromatic rings. The SMILES string of the molecule is CC(C)(C)c1cc(N2c3cc4ccccc4cc3B3Oc4c(ccc5ccccc45)-c4cccc2c43)cc(C(C)(C)C)c1. The minimum atomic E-state index is -0.201. The van der Waals surface area contributed by atoms with E-state index in [-0.39, 0.29) is 17.7 Å². The Bertz CT molecular complexity index is 2060. The molecule has 0 spiro atoms. The number of anilines is 3. The van der Waals surface area contributed by atoms with Crippen molar-refractivity contribution in [2.24, 2.45) is 0 Å². The summed E-state index contributed by atoms with van der Waals surface area (Å²) in [6.45, 7) is 13.7. The monoisotopic (exact) mass is 557 g/mol. The predicted molar refractivity (Wildman–Crippen MR) is 185 cm³/mol. The van der Waals surface area contributed by atoms with Crippen LogP contribution in [0.15, 0.2) is 109 Å². The van der Waals surface area contributed by atoms with Gasteiger partial charge in [-0.25, -0.2) is 0 Å². The van der Waals surface area contributed by atoms with Crippen molar-refractivity contribution in [1.29, 1.82) is 0 Å². The van der Waals surface area contributed by atoms with Crippen LogP contribution in [0.1, 0.15) is 52.7 Å². The van der Waals surface area contributed by atoms with E-state index in [4.69, 9.17) is 4.65 Å². The fourth-order valence-corrected chi connectivity index (χ4v) is 6.90. The van der Waals surface area contributed by atoms with Crippen molar-refractivity contribution in [3.8, 4) is 16.9 Å². The second kappa shape index (κ2) is 9.00. The lowest BCUT2D eigenvalue weighted by molar-refractivity contribution is 0.568. The molecule has 3 heteroatoms. The molecule has 0 amide bonds. The Balaban J connectivity index is 1.47. The molecule has 0 unspecified atom stereocenters. The van der Waals surface area contributed by atoms with Gasteiger partial charge in [0.1, 0.15) is 5.75 Å². The number of nitrogens with zero attached hydrogens (tertiary/aromatic N) is 1. The molecule has 2 aliphatic heterocycles. The highest BCUT2D eigenvalue weighted by Gasteiger charge is 2.43. The number of hydrogen-bond acceptors (Lipinski definition) is 2. The molecule has 0 atom stereocenters. The van der Waals surface area contributed by atoms with Crippen LogP contribution in [0.25, 0.3) is 32.7 Å². The Morgan fingerprint density at radius 1 is 0.558 bits per heavy atom. The number of benzene rings is 6. The van der Waals surface area contributed by atoms with Gasteiger partial charge in [0, 0.05) is 33.5 Å². The summed E-state index contributed by atoms with van der Waals surface area (Å²) >= 11 is 0. The lowest BCUT2D eigenvalue weighted by Gasteiger charge is -2.40. The van der Waals surface area contributed by atoms with Crippen LogP contribution in [0.4, 0.5) is 17.1 Å². The van der Waals surface area contributed by atoms with Gasteiger partial charge < -0.3 is 9.55 Å². The van der Waals surface area contributed by atoms with Gasteiger partial charge in [0.15, 0.2) is 0 Å². The Kier molecular flexibility index (Phi) is 5.48. The van der Waals surface area contributed by atoms with E-state index in [2.05, 4.69) is 156 Å². The quantitative estimate of drug-likeness (QED) is 0.187. The van der Waals surface area contributed by atoms with Gasteiger partial charge in [-0.05, 0) is 73.4 Å². The van der Waals surface area contributed by atoms with E-state index in [1.165, 1.54) is 60.8 Å². The van der Waals surface area contributed by atoms with Crippen molar-refractivity contribution in [2.45, 2.75) is 52.4 Å². The van der Waals surface area contributed by atoms with Crippen LogP contribution in [-0.2, 0) is 10.8 Å². The standard InChI is InChI=1S/C40H36BNO/c1-39(2,3)28-22-29(40(4,5)6)24-30(23-28)42-35-17-11-16-32-33-19-18-25-12-9-10-15-31(25)38(33)43-41(37(32)35)34-20-26-13-7-8-14-27(26)21-36(34)42/h7-24H,1-6H3. The van der Waals surface area contributed by atoms with Crippen LogP contribution in [-0.4, -0.2) is 6.92 Å². The highest BCUT2D eigenvalue weighted by Crippen LogP contribution is 2.46. The lowest BCUT2D eigenvalue weighted by Crippen LogP contribution is -2.56. The van der Waals surface area contributed by atoms with E-state index >= 15 is 0 Å². The van der Waals surface area contributed by atoms with Gasteiger partial charge in [0.25, 0.3) is 0 Å². The topological polar surface area (TPSA) is 12.5 Å². The smallest absolute Gasteiger partial charge is 0.431 e. The Hall–Kier alpha value is -4.50. The molecule has 0 fully saturated rings. The molecule has 2 nitrogen and oxygen atoms in total. The number of fused-ring (bicyclic) bond motifs is 7. The zero-order chi connectivity index (χ0) is 29.7. The van der Waals surface area contributed by atoms with Gasteiger partial charge in [0.05, 0.1) is 0 Å². The van der Waals surface area contributed by atoms with Gasteiger partial charge in [0.2, 0.25) is 0 Å². The maximum absolute atomic E-state index is 7.14. The van der Waals surface area contributed by atoms with E-state index in [0.29, 0.717) is 0 Å². The molecule has 6 aromatic carbocycles. The second-order valence-electron chi connectivity index (χ2n) is 14.3. The van der Waals surface area contributed by atoms with Gasteiger partial charge in [-0.2, -0.15) is 0 Å². The average molecular weight is 558 g/mol. The lowest BCUT2D eigenvalue weighted by atomic mass is 9.49. The zero-order valence-corrected chi connectivity index (χ0v) is 25.8. The zero-order valence-electron chi connectivity index (χ0n) is 25.8. The molecule has 0 saturated heterocycles. The highest BCUT2D eigenvalue weighted by molar-refractivity contribution is 6.86. The fourth-order valence-electron chi connectivity index (χ4n) is 6.90. The van der Waals surface area contributed by atoms with E-state index in [1.807, 2.05) is 0 Å². The molecular formula is C40H36BNO. The van der Waals surface area contributed by atoms with Gasteiger partial charge >= 0.3 is 6.92 Å². The highest BCUT2D eigenvalue weighted by atomic mass is 16.4. The van der Waals surface area contributed by atoms with Gasteiger partial charge in [-0.1, -0.05) is 126 Å². The number of hydrogen-bond donors (Lipinski definition) is 0. The summed E-state index contributed by atoms with van der Waals surface area (Å²) in [4.78, 5) is 2.50. The number of rotatable bonds is 1. The summed E-state index contributed by atoms with van der Waals surface area (Å²) in [7, 11) is 0. The van der Waals surface area contributed by atoms with E-state index in [1.54, 1.807) is 0 Å². The molecule has 0 aromatic heterocycles. The van der Waals surface area contributed by atoms with Crippen LogP contribution < -0.4 is 20.5 Å². The van der Waals surface area contributed by atoms with Crippen LogP contribution in [0.2, 0.25) is 0 Å². The van der Waals surface area contributed by atoms with Crippen molar-refractivity contribution in [1.82, 2.24) is 0 Å². The largest absolute Gasteiger partial charge is 0.550 e. The first-order valence-electron chi connectivity index (χ1n) is 15.4. The van der Waals surface area contributed by atoms with E-state index in [0.717, 1.165) is 16.7 Å². The molecule has 43 heavy (non-hydrogen) atoms. The third-order valence-electron chi connectivity index (χ3n) is 9.32. The molecular weight excluding hydrogens is 521 g/mol. The summed E-state index contributed by atoms with van der Waals surface area (Å²) in [6.07, 6.45) is 0. The normalized spacial score (nSPS) is 13.9. The van der Waals surface area contributed by atoms with Crippen molar-refractivity contribution in [3.63, 3.8) is 0 Å². The van der Waals surface area contributed by atoms with E-state index in [9.17, 15) is 0 Å². The molecule has 2 aliphatic rings. The summed E-state index contributed by atoms with van der Waals surface area (Å²) in [5.74, 6) is 0.977. The van der Waals surface area contributed by atoms with Gasteiger partial charge in [-0.3, -0.25) is 0 Å². The maximum Gasteiger partial charge on any atom is 0.431 e. The van der Waals surface area contributed by atoms with Crippen LogP contribution in [0.3, 0.4) is 0 Å².